The van der Waals surface area contributed by atoms with E-state index in [4.69, 9.17) is 9.15 Å². The van der Waals surface area contributed by atoms with Crippen LogP contribution in [0.1, 0.15) is 41.9 Å². The molecule has 1 aromatic carbocycles. The summed E-state index contributed by atoms with van der Waals surface area (Å²) in [5.41, 5.74) is 0.550. The number of carbonyl (C=O) groups is 2. The number of urea groups is 1. The molecule has 0 saturated carbocycles. The van der Waals surface area contributed by atoms with Crippen molar-refractivity contribution in [2.45, 2.75) is 33.2 Å². The average Bonchev–Trinajstić information content (AvgIpc) is 3.07. The molecule has 9 heteroatoms. The van der Waals surface area contributed by atoms with Gasteiger partial charge >= 0.3 is 6.03 Å². The highest BCUT2D eigenvalue weighted by atomic mass is 19.1. The molecule has 8 nitrogen and oxygen atoms in total. The molecular formula is C20H25FN4O4. The standard InChI is InChI=1S/C20H25FN4O4/c1-12-6-8-25(9-7-12)19(26)18-13(2)29-17(24-18)11-22-20(27)23-14-4-5-16(28-3)15(21)10-14/h4-5,10,12H,6-9,11H2,1-3H3,(H2,22,23,27). The second kappa shape index (κ2) is 8.93. The van der Waals surface area contributed by atoms with Gasteiger partial charge in [-0.3, -0.25) is 4.79 Å². The third kappa shape index (κ3) is 5.04. The monoisotopic (exact) mass is 404 g/mol. The third-order valence-corrected chi connectivity index (χ3v) is 4.92. The number of hydrogen-bond donors (Lipinski definition) is 2. The van der Waals surface area contributed by atoms with E-state index in [1.165, 1.54) is 19.2 Å². The van der Waals surface area contributed by atoms with Crippen molar-refractivity contribution in [2.24, 2.45) is 5.92 Å². The number of nitrogens with one attached hydrogen (secondary N) is 2. The lowest BCUT2D eigenvalue weighted by atomic mass is 9.99. The summed E-state index contributed by atoms with van der Waals surface area (Å²) in [6.45, 7) is 5.27. The Hall–Kier alpha value is -3.10. The van der Waals surface area contributed by atoms with Crippen LogP contribution in [-0.4, -0.2) is 42.0 Å². The number of anilines is 1. The number of carbonyl (C=O) groups excluding carboxylic acids is 2. The normalized spacial score (nSPS) is 14.6. The van der Waals surface area contributed by atoms with Gasteiger partial charge in [0.15, 0.2) is 17.3 Å². The van der Waals surface area contributed by atoms with Crippen LogP contribution in [0.25, 0.3) is 0 Å². The van der Waals surface area contributed by atoms with Crippen LogP contribution in [-0.2, 0) is 6.54 Å². The van der Waals surface area contributed by atoms with Crippen molar-refractivity contribution in [3.63, 3.8) is 0 Å². The summed E-state index contributed by atoms with van der Waals surface area (Å²) in [7, 11) is 1.36. The Kier molecular flexibility index (Phi) is 6.36. The maximum Gasteiger partial charge on any atom is 0.319 e. The molecule has 1 aliphatic rings. The minimum atomic E-state index is -0.580. The molecule has 1 aliphatic heterocycles. The first-order valence-electron chi connectivity index (χ1n) is 9.51. The number of ether oxygens (including phenoxy) is 1. The van der Waals surface area contributed by atoms with E-state index >= 15 is 0 Å². The number of amides is 3. The predicted molar refractivity (Wildman–Crippen MR) is 104 cm³/mol. The summed E-state index contributed by atoms with van der Waals surface area (Å²) in [5.74, 6) is 0.628. The molecule has 156 valence electrons. The molecular weight excluding hydrogens is 379 g/mol. The fraction of sp³-hybridized carbons (Fsp3) is 0.450. The van der Waals surface area contributed by atoms with E-state index in [0.717, 1.165) is 18.9 Å². The number of nitrogens with zero attached hydrogens (tertiary/aromatic N) is 2. The van der Waals surface area contributed by atoms with E-state index < -0.39 is 11.8 Å². The average molecular weight is 404 g/mol. The lowest BCUT2D eigenvalue weighted by Gasteiger charge is -2.29. The fourth-order valence-electron chi connectivity index (χ4n) is 3.16. The minimum absolute atomic E-state index is 0.00434. The van der Waals surface area contributed by atoms with E-state index in [1.54, 1.807) is 11.8 Å². The van der Waals surface area contributed by atoms with Crippen LogP contribution in [0.15, 0.2) is 22.6 Å². The fourth-order valence-corrected chi connectivity index (χ4v) is 3.16. The van der Waals surface area contributed by atoms with E-state index in [2.05, 4.69) is 22.5 Å². The number of halogens is 1. The molecule has 2 aromatic rings. The number of aryl methyl sites for hydroxylation is 1. The predicted octanol–water partition coefficient (Wildman–Crippen LogP) is 3.32. The highest BCUT2D eigenvalue weighted by Gasteiger charge is 2.26. The number of piperidine rings is 1. The van der Waals surface area contributed by atoms with Crippen molar-refractivity contribution in [1.29, 1.82) is 0 Å². The van der Waals surface area contributed by atoms with Crippen LogP contribution in [0.5, 0.6) is 5.75 Å². The summed E-state index contributed by atoms with van der Waals surface area (Å²) >= 11 is 0. The maximum absolute atomic E-state index is 13.7. The lowest BCUT2D eigenvalue weighted by molar-refractivity contribution is 0.0690. The largest absolute Gasteiger partial charge is 0.494 e. The molecule has 0 aliphatic carbocycles. The number of hydrogen-bond acceptors (Lipinski definition) is 5. The van der Waals surface area contributed by atoms with E-state index in [9.17, 15) is 14.0 Å². The van der Waals surface area contributed by atoms with Crippen LogP contribution in [0.4, 0.5) is 14.9 Å². The van der Waals surface area contributed by atoms with Crippen molar-refractivity contribution >= 4 is 17.6 Å². The highest BCUT2D eigenvalue weighted by Crippen LogP contribution is 2.21. The SMILES string of the molecule is COc1ccc(NC(=O)NCc2nc(C(=O)N3CCC(C)CC3)c(C)o2)cc1F. The Morgan fingerprint density at radius 1 is 1.34 bits per heavy atom. The molecule has 0 radical (unpaired) electrons. The molecule has 1 aromatic heterocycles. The van der Waals surface area contributed by atoms with Gasteiger partial charge in [-0.15, -0.1) is 0 Å². The van der Waals surface area contributed by atoms with Gasteiger partial charge in [0.2, 0.25) is 5.89 Å². The molecule has 3 rings (SSSR count). The van der Waals surface area contributed by atoms with Gasteiger partial charge < -0.3 is 24.7 Å². The lowest BCUT2D eigenvalue weighted by Crippen LogP contribution is -2.38. The first kappa shape index (κ1) is 20.6. The van der Waals surface area contributed by atoms with Crippen LogP contribution >= 0.6 is 0 Å². The zero-order valence-corrected chi connectivity index (χ0v) is 16.8. The van der Waals surface area contributed by atoms with Crippen molar-refractivity contribution in [1.82, 2.24) is 15.2 Å². The minimum Gasteiger partial charge on any atom is -0.494 e. The van der Waals surface area contributed by atoms with Gasteiger partial charge in [-0.1, -0.05) is 6.92 Å². The summed E-state index contributed by atoms with van der Waals surface area (Å²) in [5, 5.41) is 5.09. The molecule has 1 fully saturated rings. The number of likely N-dealkylation sites (tertiary alicyclic amines) is 1. The molecule has 2 heterocycles. The highest BCUT2D eigenvalue weighted by molar-refractivity contribution is 5.93. The van der Waals surface area contributed by atoms with Gasteiger partial charge in [-0.05, 0) is 37.8 Å². The number of rotatable bonds is 5. The zero-order valence-electron chi connectivity index (χ0n) is 16.8. The van der Waals surface area contributed by atoms with E-state index in [-0.39, 0.29) is 35.5 Å². The van der Waals surface area contributed by atoms with E-state index in [0.29, 0.717) is 24.8 Å². The first-order valence-corrected chi connectivity index (χ1v) is 9.51. The Labute approximate surface area is 168 Å². The number of methoxy groups -OCH3 is 1. The van der Waals surface area contributed by atoms with Crippen molar-refractivity contribution in [3.8, 4) is 5.75 Å². The third-order valence-electron chi connectivity index (χ3n) is 4.92. The Balaban J connectivity index is 1.56. The van der Waals surface area contributed by atoms with Crippen molar-refractivity contribution in [2.75, 3.05) is 25.5 Å². The molecule has 0 bridgehead atoms. The molecule has 29 heavy (non-hydrogen) atoms. The van der Waals surface area contributed by atoms with Crippen molar-refractivity contribution in [3.05, 3.63) is 41.4 Å². The molecule has 1 saturated heterocycles. The molecule has 0 atom stereocenters. The Bertz CT molecular complexity index is 891. The van der Waals surface area contributed by atoms with Gasteiger partial charge in [0.25, 0.3) is 5.91 Å². The quantitative estimate of drug-likeness (QED) is 0.797. The summed E-state index contributed by atoms with van der Waals surface area (Å²) in [6, 6.07) is 3.54. The second-order valence-corrected chi connectivity index (χ2v) is 7.14. The van der Waals surface area contributed by atoms with Gasteiger partial charge in [-0.2, -0.15) is 0 Å². The van der Waals surface area contributed by atoms with Crippen LogP contribution in [0.3, 0.4) is 0 Å². The van der Waals surface area contributed by atoms with Crippen LogP contribution in [0, 0.1) is 18.7 Å². The molecule has 3 amide bonds. The van der Waals surface area contributed by atoms with Crippen molar-refractivity contribution < 1.29 is 23.1 Å². The van der Waals surface area contributed by atoms with Gasteiger partial charge in [-0.25, -0.2) is 14.2 Å². The van der Waals surface area contributed by atoms with Gasteiger partial charge in [0.1, 0.15) is 5.76 Å². The smallest absolute Gasteiger partial charge is 0.319 e. The van der Waals surface area contributed by atoms with E-state index in [1.807, 2.05) is 0 Å². The zero-order chi connectivity index (χ0) is 21.0. The summed E-state index contributed by atoms with van der Waals surface area (Å²) in [4.78, 5) is 30.7. The number of oxazole rings is 1. The van der Waals surface area contributed by atoms with Gasteiger partial charge in [0.05, 0.1) is 13.7 Å². The Morgan fingerprint density at radius 2 is 2.07 bits per heavy atom. The molecule has 0 unspecified atom stereocenters. The van der Waals surface area contributed by atoms with Gasteiger partial charge in [0, 0.05) is 24.8 Å². The number of benzene rings is 1. The second-order valence-electron chi connectivity index (χ2n) is 7.14. The van der Waals surface area contributed by atoms with Crippen LogP contribution in [0.2, 0.25) is 0 Å². The van der Waals surface area contributed by atoms with Crippen LogP contribution < -0.4 is 15.4 Å². The maximum atomic E-state index is 13.7. The Morgan fingerprint density at radius 3 is 2.72 bits per heavy atom. The molecule has 0 spiro atoms. The first-order chi connectivity index (χ1) is 13.9. The topological polar surface area (TPSA) is 96.7 Å². The molecule has 2 N–H and O–H groups in total. The summed E-state index contributed by atoms with van der Waals surface area (Å²) < 4.78 is 24.0. The summed E-state index contributed by atoms with van der Waals surface area (Å²) in [6.07, 6.45) is 1.95. The number of aromatic nitrogens is 1.